The molecule has 0 saturated carbocycles. The molecule has 0 aromatic heterocycles. The molecule has 2 atom stereocenters. The number of sulfone groups is 1. The summed E-state index contributed by atoms with van der Waals surface area (Å²) in [6, 6.07) is 4.56. The van der Waals surface area contributed by atoms with Crippen LogP contribution in [0, 0.1) is 0 Å². The van der Waals surface area contributed by atoms with Crippen molar-refractivity contribution >= 4 is 26.3 Å². The maximum absolute atomic E-state index is 12.6. The van der Waals surface area contributed by atoms with E-state index in [1.807, 2.05) is 0 Å². The normalized spacial score (nSPS) is 15.5. The number of hydrogen-bond acceptors (Lipinski definition) is 4. The van der Waals surface area contributed by atoms with Gasteiger partial charge in [0, 0.05) is 28.9 Å². The molecule has 1 aromatic rings. The molecule has 1 N–H and O–H groups in total. The van der Waals surface area contributed by atoms with E-state index in [1.165, 1.54) is 24.5 Å². The van der Waals surface area contributed by atoms with Gasteiger partial charge in [0.2, 0.25) is 0 Å². The summed E-state index contributed by atoms with van der Waals surface area (Å²) in [5, 5.41) is 2.73. The number of hydrogen-bond donors (Lipinski definition) is 1. The molecule has 0 saturated heterocycles. The highest BCUT2D eigenvalue weighted by molar-refractivity contribution is 7.92. The predicted octanol–water partition coefficient (Wildman–Crippen LogP) is 2.55. The Bertz CT molecular complexity index is 614. The van der Waals surface area contributed by atoms with Crippen molar-refractivity contribution in [2.45, 2.75) is 29.8 Å². The Hall–Kier alpha value is -1.09. The summed E-state index contributed by atoms with van der Waals surface area (Å²) < 4.78 is 71.9. The van der Waals surface area contributed by atoms with Crippen molar-refractivity contribution in [3.8, 4) is 0 Å². The number of para-hydroxylation sites is 1. The van der Waals surface area contributed by atoms with Crippen LogP contribution < -0.4 is 5.32 Å². The van der Waals surface area contributed by atoms with Crippen LogP contribution in [0.3, 0.4) is 0 Å². The van der Waals surface area contributed by atoms with E-state index in [4.69, 9.17) is 0 Å². The third-order valence-electron chi connectivity index (χ3n) is 2.72. The van der Waals surface area contributed by atoms with Crippen LogP contribution >= 0.6 is 0 Å². The smallest absolute Gasteiger partial charge is 0.382 e. The first-order chi connectivity index (χ1) is 9.55. The summed E-state index contributed by atoms with van der Waals surface area (Å²) in [4.78, 5) is -0.804. The molecule has 2 unspecified atom stereocenters. The molecule has 4 nitrogen and oxygen atoms in total. The van der Waals surface area contributed by atoms with Gasteiger partial charge in [-0.15, -0.1) is 0 Å². The van der Waals surface area contributed by atoms with Crippen LogP contribution in [0.25, 0.3) is 0 Å². The summed E-state index contributed by atoms with van der Waals surface area (Å²) in [7, 11) is -6.43. The van der Waals surface area contributed by atoms with E-state index in [2.05, 4.69) is 5.32 Å². The number of rotatable bonds is 6. The van der Waals surface area contributed by atoms with E-state index >= 15 is 0 Å². The van der Waals surface area contributed by atoms with Crippen LogP contribution in [-0.2, 0) is 20.6 Å². The molecule has 0 aliphatic carbocycles. The molecule has 0 amide bonds. The molecular formula is C12H16F3NO3S2. The second-order valence-corrected chi connectivity index (χ2v) is 8.02. The molecule has 0 aliphatic heterocycles. The van der Waals surface area contributed by atoms with Gasteiger partial charge < -0.3 is 5.32 Å². The summed E-state index contributed by atoms with van der Waals surface area (Å²) in [6.45, 7) is 1.68. The lowest BCUT2D eigenvalue weighted by Gasteiger charge is -2.18. The molecule has 9 heteroatoms. The Morgan fingerprint density at radius 2 is 1.86 bits per heavy atom. The topological polar surface area (TPSA) is 63.2 Å². The molecule has 1 rings (SSSR count). The highest BCUT2D eigenvalue weighted by atomic mass is 32.2. The standard InChI is InChI=1S/C12H16F3NO3S2/c1-9(7-8-20(2)17)16-10-5-3-4-6-11(10)21(18,19)12(13,14)15/h3-6,9,16H,7-8H2,1-2H3. The summed E-state index contributed by atoms with van der Waals surface area (Å²) in [5.41, 5.74) is -5.46. The quantitative estimate of drug-likeness (QED) is 0.862. The zero-order chi connectivity index (χ0) is 16.3. The minimum Gasteiger partial charge on any atom is -0.382 e. The highest BCUT2D eigenvalue weighted by Crippen LogP contribution is 2.34. The lowest BCUT2D eigenvalue weighted by molar-refractivity contribution is -0.0435. The van der Waals surface area contributed by atoms with E-state index < -0.39 is 31.0 Å². The van der Waals surface area contributed by atoms with Gasteiger partial charge in [-0.25, -0.2) is 8.42 Å². The fourth-order valence-electron chi connectivity index (χ4n) is 1.63. The maximum Gasteiger partial charge on any atom is 0.501 e. The van der Waals surface area contributed by atoms with Crippen molar-refractivity contribution in [3.63, 3.8) is 0 Å². The first kappa shape index (κ1) is 18.0. The van der Waals surface area contributed by atoms with Gasteiger partial charge in [0.05, 0.1) is 10.6 Å². The van der Waals surface area contributed by atoms with Crippen molar-refractivity contribution < 1.29 is 25.8 Å². The maximum atomic E-state index is 12.6. The van der Waals surface area contributed by atoms with Crippen molar-refractivity contribution in [1.29, 1.82) is 0 Å². The van der Waals surface area contributed by atoms with Crippen molar-refractivity contribution in [1.82, 2.24) is 0 Å². The van der Waals surface area contributed by atoms with E-state index in [-0.39, 0.29) is 11.7 Å². The van der Waals surface area contributed by atoms with Gasteiger partial charge >= 0.3 is 5.51 Å². The minimum atomic E-state index is -5.41. The molecule has 0 bridgehead atoms. The van der Waals surface area contributed by atoms with Gasteiger partial charge in [-0.1, -0.05) is 12.1 Å². The average Bonchev–Trinajstić information content (AvgIpc) is 2.35. The minimum absolute atomic E-state index is 0.107. The fraction of sp³-hybridized carbons (Fsp3) is 0.500. The van der Waals surface area contributed by atoms with Crippen LogP contribution in [0.4, 0.5) is 18.9 Å². The number of anilines is 1. The average molecular weight is 343 g/mol. The van der Waals surface area contributed by atoms with E-state index in [0.717, 1.165) is 6.07 Å². The zero-order valence-electron chi connectivity index (χ0n) is 11.5. The van der Waals surface area contributed by atoms with Crippen LogP contribution in [0.1, 0.15) is 13.3 Å². The molecular weight excluding hydrogens is 327 g/mol. The lowest BCUT2D eigenvalue weighted by Crippen LogP contribution is -2.26. The zero-order valence-corrected chi connectivity index (χ0v) is 13.1. The van der Waals surface area contributed by atoms with Gasteiger partial charge in [0.15, 0.2) is 0 Å². The molecule has 0 radical (unpaired) electrons. The second-order valence-electron chi connectivity index (χ2n) is 4.56. The lowest BCUT2D eigenvalue weighted by atomic mass is 10.2. The third-order valence-corrected chi connectivity index (χ3v) is 5.08. The fourth-order valence-corrected chi connectivity index (χ4v) is 3.23. The van der Waals surface area contributed by atoms with Crippen LogP contribution in [0.2, 0.25) is 0 Å². The molecule has 0 aliphatic rings. The molecule has 0 spiro atoms. The van der Waals surface area contributed by atoms with Crippen LogP contribution in [0.15, 0.2) is 29.2 Å². The number of nitrogens with one attached hydrogen (secondary N) is 1. The third kappa shape index (κ3) is 4.70. The Labute approximate surface area is 124 Å². The van der Waals surface area contributed by atoms with Crippen molar-refractivity contribution in [2.75, 3.05) is 17.3 Å². The van der Waals surface area contributed by atoms with Gasteiger partial charge in [0.1, 0.15) is 0 Å². The van der Waals surface area contributed by atoms with E-state index in [1.54, 1.807) is 6.92 Å². The Morgan fingerprint density at radius 3 is 2.38 bits per heavy atom. The second kappa shape index (κ2) is 6.78. The number of halogens is 3. The SMILES string of the molecule is CC(CCS(C)=O)Nc1ccccc1S(=O)(=O)C(F)(F)F. The van der Waals surface area contributed by atoms with Crippen molar-refractivity contribution in [3.05, 3.63) is 24.3 Å². The molecule has 0 fully saturated rings. The summed E-state index contributed by atoms with van der Waals surface area (Å²) >= 11 is 0. The van der Waals surface area contributed by atoms with E-state index in [9.17, 15) is 25.8 Å². The number of benzene rings is 1. The molecule has 21 heavy (non-hydrogen) atoms. The molecule has 0 heterocycles. The van der Waals surface area contributed by atoms with Crippen LogP contribution in [0.5, 0.6) is 0 Å². The van der Waals surface area contributed by atoms with Gasteiger partial charge in [0.25, 0.3) is 9.84 Å². The van der Waals surface area contributed by atoms with Gasteiger partial charge in [-0.3, -0.25) is 4.21 Å². The Kier molecular flexibility index (Phi) is 5.80. The highest BCUT2D eigenvalue weighted by Gasteiger charge is 2.47. The summed E-state index contributed by atoms with van der Waals surface area (Å²) in [5.74, 6) is 0.377. The number of alkyl halides is 3. The van der Waals surface area contributed by atoms with E-state index in [0.29, 0.717) is 12.2 Å². The summed E-state index contributed by atoms with van der Waals surface area (Å²) in [6.07, 6.45) is 1.97. The first-order valence-electron chi connectivity index (χ1n) is 6.02. The van der Waals surface area contributed by atoms with Gasteiger partial charge in [-0.05, 0) is 25.5 Å². The van der Waals surface area contributed by atoms with Crippen molar-refractivity contribution in [2.24, 2.45) is 0 Å². The molecule has 1 aromatic carbocycles. The van der Waals surface area contributed by atoms with Gasteiger partial charge in [-0.2, -0.15) is 13.2 Å². The Balaban J connectivity index is 3.03. The monoisotopic (exact) mass is 343 g/mol. The largest absolute Gasteiger partial charge is 0.501 e. The molecule has 120 valence electrons. The predicted molar refractivity (Wildman–Crippen MR) is 76.3 cm³/mol. The van der Waals surface area contributed by atoms with Crippen LogP contribution in [-0.4, -0.2) is 36.2 Å². The Morgan fingerprint density at radius 1 is 1.29 bits per heavy atom. The first-order valence-corrected chi connectivity index (χ1v) is 9.23.